The van der Waals surface area contributed by atoms with Crippen molar-refractivity contribution in [3.63, 3.8) is 0 Å². The summed E-state index contributed by atoms with van der Waals surface area (Å²) in [5.41, 5.74) is 2.48. The molecule has 5 heteroatoms. The molecule has 3 N–H and O–H groups in total. The summed E-state index contributed by atoms with van der Waals surface area (Å²) in [5.74, 6) is -0.372. The van der Waals surface area contributed by atoms with E-state index in [1.807, 2.05) is 54.6 Å². The van der Waals surface area contributed by atoms with Gasteiger partial charge in [-0.15, -0.1) is 0 Å². The highest BCUT2D eigenvalue weighted by Crippen LogP contribution is 2.48. The molecule has 0 radical (unpaired) electrons. The van der Waals surface area contributed by atoms with Gasteiger partial charge in [-0.3, -0.25) is 9.59 Å². The molecular formula is C31H35N3O2. The van der Waals surface area contributed by atoms with Gasteiger partial charge < -0.3 is 16.0 Å². The lowest BCUT2D eigenvalue weighted by Crippen LogP contribution is -2.36. The summed E-state index contributed by atoms with van der Waals surface area (Å²) in [4.78, 5) is 25.7. The van der Waals surface area contributed by atoms with Crippen molar-refractivity contribution >= 4 is 22.6 Å². The van der Waals surface area contributed by atoms with Crippen molar-refractivity contribution in [2.24, 2.45) is 0 Å². The van der Waals surface area contributed by atoms with Gasteiger partial charge >= 0.3 is 0 Å². The molecule has 1 fully saturated rings. The van der Waals surface area contributed by atoms with Crippen LogP contribution in [0.4, 0.5) is 0 Å². The minimum absolute atomic E-state index is 0. The van der Waals surface area contributed by atoms with E-state index in [4.69, 9.17) is 0 Å². The molecule has 1 aliphatic rings. The molecule has 3 aromatic carbocycles. The molecule has 1 aliphatic carbocycles. The number of fused-ring (bicyclic) bond motifs is 1. The van der Waals surface area contributed by atoms with E-state index >= 15 is 0 Å². The Labute approximate surface area is 214 Å². The Morgan fingerprint density at radius 3 is 2.44 bits per heavy atom. The minimum atomic E-state index is -0.345. The molecule has 0 heterocycles. The zero-order valence-corrected chi connectivity index (χ0v) is 19.8. The second-order valence-electron chi connectivity index (χ2n) is 8.76. The van der Waals surface area contributed by atoms with E-state index in [0.717, 1.165) is 24.0 Å². The highest BCUT2D eigenvalue weighted by molar-refractivity contribution is 5.97. The molecule has 0 spiro atoms. The average Bonchev–Trinajstić information content (AvgIpc) is 3.67. The lowest BCUT2D eigenvalue weighted by Gasteiger charge is -2.21. The van der Waals surface area contributed by atoms with Crippen LogP contribution in [0, 0.1) is 0 Å². The largest absolute Gasteiger partial charge is 0.377 e. The first-order valence-corrected chi connectivity index (χ1v) is 11.9. The number of carbonyl (C=O) groups excluding carboxylic acids is 2. The number of nitrogens with one attached hydrogen (secondary N) is 3. The molecule has 1 saturated carbocycles. The molecule has 4 rings (SSSR count). The van der Waals surface area contributed by atoms with Gasteiger partial charge in [0.05, 0.1) is 11.2 Å². The Morgan fingerprint density at radius 2 is 1.67 bits per heavy atom. The van der Waals surface area contributed by atoms with Crippen molar-refractivity contribution < 1.29 is 9.59 Å². The number of hydrogen-bond acceptors (Lipinski definition) is 3. The first-order valence-electron chi connectivity index (χ1n) is 11.9. The summed E-state index contributed by atoms with van der Waals surface area (Å²) in [5, 5.41) is 11.5. The van der Waals surface area contributed by atoms with Crippen LogP contribution in [0.25, 0.3) is 10.8 Å². The van der Waals surface area contributed by atoms with E-state index in [9.17, 15) is 9.59 Å². The fourth-order valence-electron chi connectivity index (χ4n) is 4.26. The van der Waals surface area contributed by atoms with Crippen LogP contribution in [-0.4, -0.2) is 18.4 Å². The van der Waals surface area contributed by atoms with Crippen molar-refractivity contribution in [2.75, 3.05) is 6.54 Å². The number of rotatable bonds is 11. The molecule has 0 aromatic heterocycles. The maximum atomic E-state index is 13.4. The van der Waals surface area contributed by atoms with Crippen molar-refractivity contribution in [1.82, 2.24) is 16.0 Å². The zero-order valence-electron chi connectivity index (χ0n) is 19.8. The summed E-state index contributed by atoms with van der Waals surface area (Å²) in [6.07, 6.45) is 8.00. The van der Waals surface area contributed by atoms with Crippen LogP contribution in [0.5, 0.6) is 0 Å². The molecular weight excluding hydrogens is 446 g/mol. The van der Waals surface area contributed by atoms with Gasteiger partial charge in [-0.05, 0) is 47.2 Å². The van der Waals surface area contributed by atoms with Crippen LogP contribution < -0.4 is 16.0 Å². The van der Waals surface area contributed by atoms with Gasteiger partial charge in [0.25, 0.3) is 11.8 Å². The third-order valence-electron chi connectivity index (χ3n) is 6.31. The normalized spacial score (nSPS) is 13.4. The van der Waals surface area contributed by atoms with Crippen LogP contribution in [0.15, 0.2) is 104 Å². The van der Waals surface area contributed by atoms with E-state index in [0.29, 0.717) is 25.1 Å². The van der Waals surface area contributed by atoms with Crippen molar-refractivity contribution in [1.29, 1.82) is 0 Å². The molecule has 3 aromatic rings. The smallest absolute Gasteiger partial charge is 0.266 e. The molecule has 0 bridgehead atoms. The van der Waals surface area contributed by atoms with Gasteiger partial charge in [-0.1, -0.05) is 99.5 Å². The molecule has 0 atom stereocenters. The lowest BCUT2D eigenvalue weighted by molar-refractivity contribution is -0.117. The monoisotopic (exact) mass is 481 g/mol. The highest BCUT2D eigenvalue weighted by Gasteiger charge is 2.46. The third-order valence-corrected chi connectivity index (χ3v) is 6.31. The highest BCUT2D eigenvalue weighted by atomic mass is 16.2. The van der Waals surface area contributed by atoms with Gasteiger partial charge in [0.15, 0.2) is 0 Å². The summed E-state index contributed by atoms with van der Waals surface area (Å²) in [6.45, 7) is 8.30. The topological polar surface area (TPSA) is 70.2 Å². The van der Waals surface area contributed by atoms with Gasteiger partial charge in [0, 0.05) is 18.7 Å². The number of hydrogen-bond donors (Lipinski definition) is 3. The van der Waals surface area contributed by atoms with Gasteiger partial charge in [0.2, 0.25) is 0 Å². The SMILES string of the molecule is C.C=C/C=C/CCNC(=O)C(=C)NCc1ccccc1C(=O)NC1(c2cccc3ccccc23)CC1. The molecule has 5 nitrogen and oxygen atoms in total. The molecule has 186 valence electrons. The first-order chi connectivity index (χ1) is 17.0. The Hall–Kier alpha value is -4.12. The molecule has 0 unspecified atom stereocenters. The summed E-state index contributed by atoms with van der Waals surface area (Å²) in [6, 6.07) is 22.0. The maximum absolute atomic E-state index is 13.4. The number of allylic oxidation sites excluding steroid dienone is 2. The minimum Gasteiger partial charge on any atom is -0.377 e. The van der Waals surface area contributed by atoms with Gasteiger partial charge in [0.1, 0.15) is 0 Å². The Morgan fingerprint density at radius 1 is 0.944 bits per heavy atom. The Bertz CT molecular complexity index is 1280. The summed E-state index contributed by atoms with van der Waals surface area (Å²) >= 11 is 0. The standard InChI is InChI=1S/C30H31N3O2.CH4/c1-3-4-5-10-20-31-28(34)22(2)32-21-24-13-7-9-16-26(24)29(35)33-30(18-19-30)27-17-11-14-23-12-6-8-15-25(23)27;/h3-9,11-17,32H,1-2,10,18-21H2,(H,31,34)(H,33,35);1H4/b5-4+;. The Balaban J connectivity index is 0.00000361. The van der Waals surface area contributed by atoms with Crippen LogP contribution in [0.1, 0.15) is 48.2 Å². The fourth-order valence-corrected chi connectivity index (χ4v) is 4.26. The summed E-state index contributed by atoms with van der Waals surface area (Å²) in [7, 11) is 0. The maximum Gasteiger partial charge on any atom is 0.266 e. The number of carbonyl (C=O) groups is 2. The predicted molar refractivity (Wildman–Crippen MR) is 148 cm³/mol. The van der Waals surface area contributed by atoms with Gasteiger partial charge in [-0.25, -0.2) is 0 Å². The van der Waals surface area contributed by atoms with Crippen LogP contribution in [0.2, 0.25) is 0 Å². The van der Waals surface area contributed by atoms with Crippen molar-refractivity contribution in [3.05, 3.63) is 121 Å². The van der Waals surface area contributed by atoms with E-state index in [1.54, 1.807) is 6.08 Å². The third kappa shape index (κ3) is 6.11. The van der Waals surface area contributed by atoms with Gasteiger partial charge in [-0.2, -0.15) is 0 Å². The van der Waals surface area contributed by atoms with Crippen LogP contribution in [0.3, 0.4) is 0 Å². The zero-order chi connectivity index (χ0) is 24.7. The predicted octanol–water partition coefficient (Wildman–Crippen LogP) is 5.75. The number of amides is 2. The van der Waals surface area contributed by atoms with Crippen molar-refractivity contribution in [2.45, 2.75) is 38.8 Å². The van der Waals surface area contributed by atoms with Crippen LogP contribution in [-0.2, 0) is 16.9 Å². The van der Waals surface area contributed by atoms with E-state index in [2.05, 4.69) is 53.4 Å². The van der Waals surface area contributed by atoms with E-state index < -0.39 is 0 Å². The quantitative estimate of drug-likeness (QED) is 0.186. The second-order valence-corrected chi connectivity index (χ2v) is 8.76. The Kier molecular flexibility index (Phi) is 8.85. The first kappa shape index (κ1) is 26.5. The average molecular weight is 482 g/mol. The summed E-state index contributed by atoms with van der Waals surface area (Å²) < 4.78 is 0. The lowest BCUT2D eigenvalue weighted by atomic mass is 9.96. The molecule has 0 aliphatic heterocycles. The molecule has 2 amide bonds. The van der Waals surface area contributed by atoms with E-state index in [-0.39, 0.29) is 30.5 Å². The molecule has 0 saturated heterocycles. The fraction of sp³-hybridized carbons (Fsp3) is 0.226. The van der Waals surface area contributed by atoms with Crippen molar-refractivity contribution in [3.8, 4) is 0 Å². The number of benzene rings is 3. The van der Waals surface area contributed by atoms with Crippen LogP contribution >= 0.6 is 0 Å². The molecule has 36 heavy (non-hydrogen) atoms. The second kappa shape index (κ2) is 12.0. The van der Waals surface area contributed by atoms with E-state index in [1.165, 1.54) is 10.8 Å².